The Morgan fingerprint density at radius 1 is 1.52 bits per heavy atom. The van der Waals surface area contributed by atoms with Crippen LogP contribution in [0, 0.1) is 24.6 Å². The Labute approximate surface area is 125 Å². The van der Waals surface area contributed by atoms with Crippen LogP contribution in [0.5, 0.6) is 0 Å². The lowest BCUT2D eigenvalue weighted by molar-refractivity contribution is 0.102. The summed E-state index contributed by atoms with van der Waals surface area (Å²) in [6, 6.07) is 4.06. The summed E-state index contributed by atoms with van der Waals surface area (Å²) in [5, 5.41) is 11.7. The van der Waals surface area contributed by atoms with E-state index in [1.54, 1.807) is 19.2 Å². The van der Waals surface area contributed by atoms with E-state index in [0.29, 0.717) is 22.0 Å². The molecule has 0 radical (unpaired) electrons. The number of benzene rings is 1. The Morgan fingerprint density at radius 2 is 2.33 bits per heavy atom. The van der Waals surface area contributed by atoms with Crippen molar-refractivity contribution in [2.45, 2.75) is 13.3 Å². The van der Waals surface area contributed by atoms with Crippen LogP contribution in [-0.2, 0) is 0 Å². The van der Waals surface area contributed by atoms with Crippen LogP contribution >= 0.6 is 11.3 Å². The molecule has 1 amide bonds. The monoisotopic (exact) mass is 304 g/mol. The first-order chi connectivity index (χ1) is 10.1. The number of aliphatic hydroxyl groups is 1. The maximum Gasteiger partial charge on any atom is 0.257 e. The maximum absolute atomic E-state index is 13.2. The third kappa shape index (κ3) is 4.12. The highest BCUT2D eigenvalue weighted by atomic mass is 32.1. The molecule has 0 aliphatic carbocycles. The van der Waals surface area contributed by atoms with E-state index in [4.69, 9.17) is 5.11 Å². The Balaban J connectivity index is 2.10. The van der Waals surface area contributed by atoms with Gasteiger partial charge in [-0.1, -0.05) is 29.2 Å². The number of hydrogen-bond donors (Lipinski definition) is 2. The number of halogens is 1. The average Bonchev–Trinajstić information content (AvgIpc) is 2.89. The molecule has 2 rings (SSSR count). The van der Waals surface area contributed by atoms with Crippen molar-refractivity contribution in [2.24, 2.45) is 0 Å². The molecule has 0 fully saturated rings. The number of thiazole rings is 1. The van der Waals surface area contributed by atoms with E-state index in [2.05, 4.69) is 22.1 Å². The molecule has 6 heteroatoms. The van der Waals surface area contributed by atoms with Gasteiger partial charge in [0.05, 0.1) is 17.7 Å². The van der Waals surface area contributed by atoms with Gasteiger partial charge < -0.3 is 5.11 Å². The van der Waals surface area contributed by atoms with E-state index in [1.807, 2.05) is 0 Å². The van der Waals surface area contributed by atoms with E-state index in [-0.39, 0.29) is 12.2 Å². The summed E-state index contributed by atoms with van der Waals surface area (Å²) < 4.78 is 13.2. The van der Waals surface area contributed by atoms with Crippen molar-refractivity contribution in [1.29, 1.82) is 0 Å². The van der Waals surface area contributed by atoms with Crippen molar-refractivity contribution in [3.05, 3.63) is 46.2 Å². The number of carbonyl (C=O) groups is 1. The van der Waals surface area contributed by atoms with Crippen LogP contribution in [0.4, 0.5) is 9.52 Å². The first-order valence-corrected chi connectivity index (χ1v) is 7.05. The third-order valence-electron chi connectivity index (χ3n) is 2.62. The maximum atomic E-state index is 13.2. The molecule has 0 aliphatic heterocycles. The van der Waals surface area contributed by atoms with Gasteiger partial charge in [-0.05, 0) is 24.6 Å². The lowest BCUT2D eigenvalue weighted by Gasteiger charge is -2.05. The summed E-state index contributed by atoms with van der Waals surface area (Å²) in [5.41, 5.74) is 0.964. The van der Waals surface area contributed by atoms with Crippen LogP contribution in [-0.4, -0.2) is 22.6 Å². The molecular formula is C15H13FN2O2S. The standard InChI is InChI=1S/C15H13FN2O2S/c1-10-5-6-11(16)8-13(10)14(20)18-15-17-9-12(21-15)4-2-3-7-19/h5-6,8-9,19H,3,7H2,1H3,(H,17,18,20). The molecule has 0 saturated carbocycles. The van der Waals surface area contributed by atoms with Crippen molar-refractivity contribution in [1.82, 2.24) is 4.98 Å². The molecule has 21 heavy (non-hydrogen) atoms. The number of aryl methyl sites for hydroxylation is 1. The van der Waals surface area contributed by atoms with E-state index in [1.165, 1.54) is 23.5 Å². The molecular weight excluding hydrogens is 291 g/mol. The Morgan fingerprint density at radius 3 is 3.10 bits per heavy atom. The second kappa shape index (κ2) is 6.97. The smallest absolute Gasteiger partial charge is 0.257 e. The number of anilines is 1. The van der Waals surface area contributed by atoms with E-state index >= 15 is 0 Å². The third-order valence-corrected chi connectivity index (χ3v) is 3.45. The highest BCUT2D eigenvalue weighted by Gasteiger charge is 2.12. The summed E-state index contributed by atoms with van der Waals surface area (Å²) in [6.45, 7) is 1.75. The molecule has 2 N–H and O–H groups in total. The van der Waals surface area contributed by atoms with Gasteiger partial charge in [-0.3, -0.25) is 10.1 Å². The molecule has 0 atom stereocenters. The fraction of sp³-hybridized carbons (Fsp3) is 0.200. The number of nitrogens with one attached hydrogen (secondary N) is 1. The van der Waals surface area contributed by atoms with Crippen LogP contribution in [0.25, 0.3) is 0 Å². The van der Waals surface area contributed by atoms with Crippen LogP contribution < -0.4 is 5.32 Å². The van der Waals surface area contributed by atoms with Crippen LogP contribution in [0.15, 0.2) is 24.4 Å². The summed E-state index contributed by atoms with van der Waals surface area (Å²) >= 11 is 1.22. The zero-order valence-corrected chi connectivity index (χ0v) is 12.1. The van der Waals surface area contributed by atoms with Gasteiger partial charge in [-0.2, -0.15) is 0 Å². The highest BCUT2D eigenvalue weighted by Crippen LogP contribution is 2.19. The molecule has 108 valence electrons. The molecule has 0 unspecified atom stereocenters. The number of rotatable bonds is 3. The molecule has 1 heterocycles. The van der Waals surface area contributed by atoms with Crippen molar-refractivity contribution in [3.8, 4) is 11.8 Å². The Hall–Kier alpha value is -2.23. The minimum Gasteiger partial charge on any atom is -0.395 e. The highest BCUT2D eigenvalue weighted by molar-refractivity contribution is 7.16. The van der Waals surface area contributed by atoms with Gasteiger partial charge >= 0.3 is 0 Å². The van der Waals surface area contributed by atoms with Gasteiger partial charge in [0.1, 0.15) is 5.82 Å². The molecule has 1 aromatic carbocycles. The summed E-state index contributed by atoms with van der Waals surface area (Å²) in [4.78, 5) is 16.8. The van der Waals surface area contributed by atoms with Crippen LogP contribution in [0.3, 0.4) is 0 Å². The van der Waals surface area contributed by atoms with E-state index in [0.717, 1.165) is 0 Å². The zero-order chi connectivity index (χ0) is 15.2. The second-order valence-electron chi connectivity index (χ2n) is 4.22. The predicted octanol–water partition coefficient (Wildman–Crippen LogP) is 2.58. The van der Waals surface area contributed by atoms with Gasteiger partial charge in [0, 0.05) is 12.0 Å². The second-order valence-corrected chi connectivity index (χ2v) is 5.25. The van der Waals surface area contributed by atoms with Crippen LogP contribution in [0.2, 0.25) is 0 Å². The lowest BCUT2D eigenvalue weighted by Crippen LogP contribution is -2.13. The number of carbonyl (C=O) groups excluding carboxylic acids is 1. The minimum atomic E-state index is -0.458. The fourth-order valence-electron chi connectivity index (χ4n) is 1.60. The normalized spacial score (nSPS) is 9.86. The Bertz CT molecular complexity index is 716. The Kier molecular flexibility index (Phi) is 5.04. The van der Waals surface area contributed by atoms with Gasteiger partial charge in [0.25, 0.3) is 5.91 Å². The van der Waals surface area contributed by atoms with Crippen LogP contribution in [0.1, 0.15) is 27.2 Å². The average molecular weight is 304 g/mol. The first-order valence-electron chi connectivity index (χ1n) is 6.23. The first kappa shape index (κ1) is 15.2. The number of amides is 1. The topological polar surface area (TPSA) is 62.2 Å². The molecule has 0 saturated heterocycles. The molecule has 0 spiro atoms. The summed E-state index contributed by atoms with van der Waals surface area (Å²) in [7, 11) is 0. The molecule has 2 aromatic rings. The SMILES string of the molecule is Cc1ccc(F)cc1C(=O)Nc1ncc(C#CCCO)s1. The largest absolute Gasteiger partial charge is 0.395 e. The zero-order valence-electron chi connectivity index (χ0n) is 11.3. The predicted molar refractivity (Wildman–Crippen MR) is 79.8 cm³/mol. The van der Waals surface area contributed by atoms with Gasteiger partial charge in [-0.15, -0.1) is 0 Å². The van der Waals surface area contributed by atoms with Crippen molar-refractivity contribution >= 4 is 22.4 Å². The number of aliphatic hydroxyl groups excluding tert-OH is 1. The summed E-state index contributed by atoms with van der Waals surface area (Å²) in [6.07, 6.45) is 1.94. The molecule has 4 nitrogen and oxygen atoms in total. The summed E-state index contributed by atoms with van der Waals surface area (Å²) in [5.74, 6) is 4.74. The minimum absolute atomic E-state index is 0.00818. The van der Waals surface area contributed by atoms with Crippen molar-refractivity contribution < 1.29 is 14.3 Å². The van der Waals surface area contributed by atoms with Gasteiger partial charge in [0.2, 0.25) is 0 Å². The lowest BCUT2D eigenvalue weighted by atomic mass is 10.1. The quantitative estimate of drug-likeness (QED) is 0.857. The number of hydrogen-bond acceptors (Lipinski definition) is 4. The molecule has 1 aromatic heterocycles. The van der Waals surface area contributed by atoms with Crippen molar-refractivity contribution in [3.63, 3.8) is 0 Å². The van der Waals surface area contributed by atoms with Crippen molar-refractivity contribution in [2.75, 3.05) is 11.9 Å². The van der Waals surface area contributed by atoms with Gasteiger partial charge in [0.15, 0.2) is 5.13 Å². The molecule has 0 aliphatic rings. The van der Waals surface area contributed by atoms with E-state index in [9.17, 15) is 9.18 Å². The van der Waals surface area contributed by atoms with Gasteiger partial charge in [-0.25, -0.2) is 9.37 Å². The number of nitrogens with zero attached hydrogens (tertiary/aromatic N) is 1. The number of aromatic nitrogens is 1. The fourth-order valence-corrected chi connectivity index (χ4v) is 2.28. The van der Waals surface area contributed by atoms with E-state index < -0.39 is 11.7 Å². The molecule has 0 bridgehead atoms.